The molecule has 2 aromatic heterocycles. The van der Waals surface area contributed by atoms with Crippen molar-refractivity contribution in [1.82, 2.24) is 10.1 Å². The average Bonchev–Trinajstić information content (AvgIpc) is 3.07. The van der Waals surface area contributed by atoms with Crippen LogP contribution in [0, 0.1) is 0 Å². The summed E-state index contributed by atoms with van der Waals surface area (Å²) in [5.74, 6) is 1.49. The second kappa shape index (κ2) is 5.15. The minimum Gasteiger partial charge on any atom is -0.496 e. The molecule has 0 radical (unpaired) electrons. The van der Waals surface area contributed by atoms with Crippen LogP contribution in [0.4, 0.5) is 5.82 Å². The van der Waals surface area contributed by atoms with Crippen molar-refractivity contribution >= 4 is 28.8 Å². The summed E-state index contributed by atoms with van der Waals surface area (Å²) in [7, 11) is 1.59. The van der Waals surface area contributed by atoms with Gasteiger partial charge in [-0.15, -0.1) is 11.3 Å². The van der Waals surface area contributed by atoms with E-state index in [4.69, 9.17) is 26.6 Å². The predicted molar refractivity (Wildman–Crippen MR) is 79.0 cm³/mol. The third kappa shape index (κ3) is 2.13. The Morgan fingerprint density at radius 2 is 2.25 bits per heavy atom. The number of nitrogens with zero attached hydrogens (tertiary/aromatic N) is 2. The molecule has 1 aromatic carbocycles. The number of halogens is 1. The maximum Gasteiger partial charge on any atom is 0.188 e. The van der Waals surface area contributed by atoms with E-state index >= 15 is 0 Å². The first kappa shape index (κ1) is 13.0. The van der Waals surface area contributed by atoms with Gasteiger partial charge in [-0.1, -0.05) is 16.8 Å². The Morgan fingerprint density at radius 1 is 1.40 bits per heavy atom. The van der Waals surface area contributed by atoms with Gasteiger partial charge in [0.05, 0.1) is 23.1 Å². The fourth-order valence-corrected chi connectivity index (χ4v) is 2.71. The Hall–Kier alpha value is -2.05. The van der Waals surface area contributed by atoms with Gasteiger partial charge in [0.2, 0.25) is 0 Å². The summed E-state index contributed by atoms with van der Waals surface area (Å²) in [4.78, 5) is 4.87. The molecule has 0 aliphatic carbocycles. The summed E-state index contributed by atoms with van der Waals surface area (Å²) < 4.78 is 10.7. The molecule has 3 aromatic rings. The van der Waals surface area contributed by atoms with Crippen LogP contribution in [-0.4, -0.2) is 17.3 Å². The number of nitrogens with two attached hydrogens (primary N) is 1. The van der Waals surface area contributed by atoms with E-state index in [-0.39, 0.29) is 5.82 Å². The van der Waals surface area contributed by atoms with Crippen molar-refractivity contribution in [3.63, 3.8) is 0 Å². The third-order valence-corrected chi connectivity index (χ3v) is 3.81. The van der Waals surface area contributed by atoms with Crippen molar-refractivity contribution in [2.45, 2.75) is 0 Å². The molecule has 0 bridgehead atoms. The van der Waals surface area contributed by atoms with Crippen molar-refractivity contribution in [1.29, 1.82) is 0 Å². The van der Waals surface area contributed by atoms with Crippen molar-refractivity contribution in [3.05, 3.63) is 34.9 Å². The molecular weight excluding hydrogens is 298 g/mol. The van der Waals surface area contributed by atoms with Gasteiger partial charge < -0.3 is 15.0 Å². The lowest BCUT2D eigenvalue weighted by atomic mass is 10.0. The first-order chi connectivity index (χ1) is 9.70. The van der Waals surface area contributed by atoms with Crippen LogP contribution in [0.2, 0.25) is 5.02 Å². The van der Waals surface area contributed by atoms with Gasteiger partial charge in [-0.3, -0.25) is 4.98 Å². The zero-order valence-corrected chi connectivity index (χ0v) is 12.0. The van der Waals surface area contributed by atoms with Crippen LogP contribution in [-0.2, 0) is 0 Å². The maximum atomic E-state index is 6.06. The van der Waals surface area contributed by atoms with Gasteiger partial charge >= 0.3 is 0 Å². The van der Waals surface area contributed by atoms with Crippen LogP contribution in [0.1, 0.15) is 0 Å². The minimum absolute atomic E-state index is 0.286. The van der Waals surface area contributed by atoms with E-state index in [0.29, 0.717) is 22.1 Å². The molecule has 0 fully saturated rings. The quantitative estimate of drug-likeness (QED) is 0.798. The SMILES string of the molecule is COc1ccc(Cl)cc1-c1c(N)noc1-c1cncs1. The van der Waals surface area contributed by atoms with E-state index in [1.165, 1.54) is 11.3 Å². The highest BCUT2D eigenvalue weighted by atomic mass is 35.5. The third-order valence-electron chi connectivity index (χ3n) is 2.81. The van der Waals surface area contributed by atoms with Gasteiger partial charge in [-0.2, -0.15) is 0 Å². The van der Waals surface area contributed by atoms with Gasteiger partial charge in [0.15, 0.2) is 11.6 Å². The Morgan fingerprint density at radius 3 is 2.95 bits per heavy atom. The molecule has 102 valence electrons. The number of benzene rings is 1. The first-order valence-electron chi connectivity index (χ1n) is 5.68. The largest absolute Gasteiger partial charge is 0.496 e. The molecule has 3 rings (SSSR count). The van der Waals surface area contributed by atoms with Gasteiger partial charge in [0.25, 0.3) is 0 Å². The predicted octanol–water partition coefficient (Wildman–Crippen LogP) is 3.71. The number of hydrogen-bond acceptors (Lipinski definition) is 6. The van der Waals surface area contributed by atoms with Gasteiger partial charge in [-0.25, -0.2) is 0 Å². The number of aromatic nitrogens is 2. The Balaban J connectivity index is 2.25. The van der Waals surface area contributed by atoms with Crippen molar-refractivity contribution < 1.29 is 9.26 Å². The standard InChI is InChI=1S/C13H10ClN3O2S/c1-18-9-3-2-7(14)4-8(9)11-12(19-17-13(11)15)10-5-16-6-20-10/h2-6H,1H3,(H2,15,17). The molecular formula is C13H10ClN3O2S. The van der Waals surface area contributed by atoms with Crippen LogP contribution < -0.4 is 10.5 Å². The fourth-order valence-electron chi connectivity index (χ4n) is 1.93. The number of thiazole rings is 1. The lowest BCUT2D eigenvalue weighted by Gasteiger charge is -2.08. The van der Waals surface area contributed by atoms with Crippen LogP contribution in [0.3, 0.4) is 0 Å². The van der Waals surface area contributed by atoms with Crippen LogP contribution in [0.15, 0.2) is 34.4 Å². The van der Waals surface area contributed by atoms with E-state index in [1.54, 1.807) is 37.0 Å². The number of ether oxygens (including phenoxy) is 1. The summed E-state index contributed by atoms with van der Waals surface area (Å²) in [6.45, 7) is 0. The minimum atomic E-state index is 0.286. The highest BCUT2D eigenvalue weighted by molar-refractivity contribution is 7.13. The molecule has 0 saturated carbocycles. The Kier molecular flexibility index (Phi) is 3.33. The lowest BCUT2D eigenvalue weighted by molar-refractivity contribution is 0.416. The first-order valence-corrected chi connectivity index (χ1v) is 6.94. The van der Waals surface area contributed by atoms with Gasteiger partial charge in [0.1, 0.15) is 5.75 Å². The highest BCUT2D eigenvalue weighted by Gasteiger charge is 2.21. The summed E-state index contributed by atoms with van der Waals surface area (Å²) in [5, 5.41) is 4.42. The average molecular weight is 308 g/mol. The monoisotopic (exact) mass is 307 g/mol. The van der Waals surface area contributed by atoms with Crippen LogP contribution in [0.5, 0.6) is 5.75 Å². The van der Waals surface area contributed by atoms with E-state index in [9.17, 15) is 0 Å². The number of hydrogen-bond donors (Lipinski definition) is 1. The number of rotatable bonds is 3. The molecule has 2 N–H and O–H groups in total. The fraction of sp³-hybridized carbons (Fsp3) is 0.0769. The zero-order valence-electron chi connectivity index (χ0n) is 10.5. The van der Waals surface area contributed by atoms with Crippen molar-refractivity contribution in [3.8, 4) is 27.5 Å². The highest BCUT2D eigenvalue weighted by Crippen LogP contribution is 2.42. The normalized spacial score (nSPS) is 10.7. The van der Waals surface area contributed by atoms with Crippen LogP contribution in [0.25, 0.3) is 21.8 Å². The van der Waals surface area contributed by atoms with Crippen molar-refractivity contribution in [2.24, 2.45) is 0 Å². The van der Waals surface area contributed by atoms with Gasteiger partial charge in [0, 0.05) is 16.8 Å². The molecule has 0 spiro atoms. The molecule has 20 heavy (non-hydrogen) atoms. The Bertz CT molecular complexity index is 740. The van der Waals surface area contributed by atoms with E-state index in [0.717, 1.165) is 10.4 Å². The zero-order chi connectivity index (χ0) is 14.1. The lowest BCUT2D eigenvalue weighted by Crippen LogP contribution is -1.92. The van der Waals surface area contributed by atoms with Crippen LogP contribution >= 0.6 is 22.9 Å². The molecule has 0 aliphatic rings. The molecule has 0 amide bonds. The smallest absolute Gasteiger partial charge is 0.188 e. The molecule has 5 nitrogen and oxygen atoms in total. The maximum absolute atomic E-state index is 6.06. The summed E-state index contributed by atoms with van der Waals surface area (Å²) in [5.41, 5.74) is 9.05. The summed E-state index contributed by atoms with van der Waals surface area (Å²) in [6, 6.07) is 5.30. The van der Waals surface area contributed by atoms with Crippen molar-refractivity contribution in [2.75, 3.05) is 12.8 Å². The van der Waals surface area contributed by atoms with E-state index < -0.39 is 0 Å². The number of nitrogen functional groups attached to an aromatic ring is 1. The second-order valence-electron chi connectivity index (χ2n) is 3.98. The van der Waals surface area contributed by atoms with E-state index in [2.05, 4.69) is 10.1 Å². The molecule has 7 heteroatoms. The molecule has 2 heterocycles. The summed E-state index contributed by atoms with van der Waals surface area (Å²) >= 11 is 7.50. The number of methoxy groups -OCH3 is 1. The van der Waals surface area contributed by atoms with E-state index in [1.807, 2.05) is 0 Å². The second-order valence-corrected chi connectivity index (χ2v) is 5.31. The molecule has 0 saturated heterocycles. The molecule has 0 unspecified atom stereocenters. The van der Waals surface area contributed by atoms with Gasteiger partial charge in [-0.05, 0) is 18.2 Å². The molecule has 0 aliphatic heterocycles. The Labute approximate surface area is 123 Å². The summed E-state index contributed by atoms with van der Waals surface area (Å²) in [6.07, 6.45) is 1.70. The topological polar surface area (TPSA) is 74.2 Å². The molecule has 0 atom stereocenters. The number of anilines is 1.